The van der Waals surface area contributed by atoms with E-state index in [1.165, 1.54) is 36.1 Å². The molecule has 0 aromatic heterocycles. The first kappa shape index (κ1) is 65.5. The molecule has 0 unspecified atom stereocenters. The van der Waals surface area contributed by atoms with Gasteiger partial charge in [0, 0.05) is 19.5 Å². The number of likely N-dealkylation sites (tertiary alicyclic amines) is 1. The number of aromatic hydroxyl groups is 1. The van der Waals surface area contributed by atoms with Crippen molar-refractivity contribution in [3.8, 4) is 5.75 Å². The fourth-order valence-corrected chi connectivity index (χ4v) is 8.39. The Hall–Kier alpha value is -6.64. The second-order valence-corrected chi connectivity index (χ2v) is 20.4. The molecule has 1 saturated heterocycles. The number of nitrogens with two attached hydrogens (primary N) is 4. The van der Waals surface area contributed by atoms with Crippen LogP contribution in [0.25, 0.3) is 0 Å². The van der Waals surface area contributed by atoms with Crippen LogP contribution in [-0.2, 0) is 49.6 Å². The molecule has 0 radical (unpaired) electrons. The van der Waals surface area contributed by atoms with Gasteiger partial charge >= 0.3 is 5.97 Å². The average Bonchev–Trinajstić information content (AvgIpc) is 3.84. The quantitative estimate of drug-likeness (QED) is 0.0190. The molecule has 2 rings (SSSR count). The molecule has 1 fully saturated rings. The van der Waals surface area contributed by atoms with Gasteiger partial charge in [0.25, 0.3) is 0 Å². The summed E-state index contributed by atoms with van der Waals surface area (Å²) in [6.45, 7) is 11.6. The van der Waals surface area contributed by atoms with Crippen molar-refractivity contribution < 1.29 is 63.6 Å². The van der Waals surface area contributed by atoms with Crippen LogP contribution in [0, 0.1) is 17.8 Å². The second-order valence-electron chi connectivity index (χ2n) is 20.4. The van der Waals surface area contributed by atoms with Crippen LogP contribution in [0.1, 0.15) is 112 Å². The maximum absolute atomic E-state index is 14.3. The molecule has 0 saturated carbocycles. The Labute approximate surface area is 444 Å². The van der Waals surface area contributed by atoms with Gasteiger partial charge in [-0.3, -0.25) is 43.3 Å². The Balaban J connectivity index is 2.37. The molecule has 0 spiro atoms. The molecule has 1 aromatic carbocycles. The van der Waals surface area contributed by atoms with E-state index in [0.29, 0.717) is 24.8 Å². The third kappa shape index (κ3) is 22.3. The van der Waals surface area contributed by atoms with E-state index in [1.54, 1.807) is 41.5 Å². The highest BCUT2D eigenvalue weighted by molar-refractivity contribution is 5.98. The lowest BCUT2D eigenvalue weighted by Gasteiger charge is -2.31. The van der Waals surface area contributed by atoms with Gasteiger partial charge in [0.2, 0.25) is 47.3 Å². The second kappa shape index (κ2) is 32.7. The number of carboxylic acid groups (broad SMARTS) is 1. The van der Waals surface area contributed by atoms with Gasteiger partial charge < -0.3 is 85.5 Å². The van der Waals surface area contributed by atoms with E-state index in [-0.39, 0.29) is 88.1 Å². The van der Waals surface area contributed by atoms with Crippen molar-refractivity contribution >= 4 is 59.2 Å². The number of rotatable bonds is 33. The fraction of sp³-hybridized carbons (Fsp3) is 0.680. The summed E-state index contributed by atoms with van der Waals surface area (Å²) >= 11 is 0. The van der Waals surface area contributed by atoms with Crippen molar-refractivity contribution in [2.45, 2.75) is 173 Å². The van der Waals surface area contributed by atoms with Crippen molar-refractivity contribution in [3.63, 3.8) is 0 Å². The molecule has 1 aliphatic heterocycles. The number of guanidine groups is 1. The van der Waals surface area contributed by atoms with Crippen LogP contribution >= 0.6 is 0 Å². The van der Waals surface area contributed by atoms with E-state index in [9.17, 15) is 63.6 Å². The molecule has 0 bridgehead atoms. The number of aliphatic imine (C=N–C) groups is 1. The zero-order chi connectivity index (χ0) is 57.4. The highest BCUT2D eigenvalue weighted by atomic mass is 16.4. The van der Waals surface area contributed by atoms with Gasteiger partial charge in [-0.05, 0) is 107 Å². The number of nitrogens with zero attached hydrogens (tertiary/aromatic N) is 2. The number of phenolic OH excluding ortho intramolecular Hbond substituents is 1. The van der Waals surface area contributed by atoms with Gasteiger partial charge in [0.05, 0.1) is 12.7 Å². The number of aliphatic hydroxyl groups excluding tert-OH is 2. The average molecular weight is 1080 g/mol. The number of phenols is 1. The van der Waals surface area contributed by atoms with Gasteiger partial charge in [-0.1, -0.05) is 53.7 Å². The molecule has 8 amide bonds. The number of carbonyl (C=O) groups is 9. The maximum atomic E-state index is 14.3. The van der Waals surface area contributed by atoms with Crippen LogP contribution in [-0.4, -0.2) is 171 Å². The molecule has 1 heterocycles. The number of hydrogen-bond donors (Lipinski definition) is 15. The van der Waals surface area contributed by atoms with Gasteiger partial charge in [-0.15, -0.1) is 0 Å². The van der Waals surface area contributed by atoms with Crippen LogP contribution in [0.3, 0.4) is 0 Å². The van der Waals surface area contributed by atoms with Crippen LogP contribution in [0.2, 0.25) is 0 Å². The summed E-state index contributed by atoms with van der Waals surface area (Å²) in [5.41, 5.74) is 22.9. The maximum Gasteiger partial charge on any atom is 0.326 e. The summed E-state index contributed by atoms with van der Waals surface area (Å²) in [7, 11) is 0. The standard InChI is InChI=1S/C50H85N13O13/c1-26(2)22-35(43(69)57-34(13-10-20-55-50(53)54)42(68)60-37(49(75)76)24-30-15-17-31(66)18-16-30)58-41(67)33(12-8-9-19-51)56-44(70)36(23-27(3)4)59-47(73)40(29(7)65)62-46(72)39(28(5)6)61-45(71)38-14-11-21-63(38)48(74)32(52)25-64/h15-18,26-29,32-40,64-66H,8-14,19-25,51-52H2,1-7H3,(H,56,70)(H,57,69)(H,58,67)(H,59,73)(H,60,68)(H,61,71)(H,62,72)(H,75,76)(H4,53,54,55)/t29-,32+,33-,34+,35+,36+,37+,38+,39+,40+/m1/s1. The van der Waals surface area contributed by atoms with Crippen LogP contribution < -0.4 is 60.2 Å². The molecular weight excluding hydrogens is 991 g/mol. The van der Waals surface area contributed by atoms with Gasteiger partial charge in [-0.2, -0.15) is 0 Å². The van der Waals surface area contributed by atoms with Crippen molar-refractivity contribution in [3.05, 3.63) is 29.8 Å². The summed E-state index contributed by atoms with van der Waals surface area (Å²) in [6, 6.07) is -6.06. The van der Waals surface area contributed by atoms with Crippen LogP contribution in [0.15, 0.2) is 29.3 Å². The number of carboxylic acids is 1. The first-order valence-electron chi connectivity index (χ1n) is 25.9. The minimum atomic E-state index is -1.65. The first-order valence-corrected chi connectivity index (χ1v) is 25.9. The van der Waals surface area contributed by atoms with E-state index in [1.807, 2.05) is 0 Å². The Morgan fingerprint density at radius 1 is 0.671 bits per heavy atom. The first-order chi connectivity index (χ1) is 35.7. The Morgan fingerprint density at radius 3 is 1.63 bits per heavy atom. The number of nitrogens with one attached hydrogen (secondary N) is 7. The molecule has 26 heteroatoms. The molecule has 428 valence electrons. The molecule has 76 heavy (non-hydrogen) atoms. The monoisotopic (exact) mass is 1080 g/mol. The SMILES string of the molecule is CC(C)C[C@H](NC(=O)[C@@H](NC(=O)[C@@H](NC(=O)[C@@H]1CCCN1C(=O)[C@@H](N)CO)C(C)C)[C@@H](C)O)C(=O)N[C@H](CCCCN)C(=O)N[C@@H](CC(C)C)C(=O)N[C@@H](CCCN=C(N)N)C(=O)N[C@@H](Cc1ccc(O)cc1)C(=O)O. The van der Waals surface area contributed by atoms with Gasteiger partial charge in [0.15, 0.2) is 5.96 Å². The number of benzene rings is 1. The zero-order valence-corrected chi connectivity index (χ0v) is 44.9. The van der Waals surface area contributed by atoms with E-state index in [2.05, 4.69) is 42.2 Å². The number of amides is 8. The Bertz CT molecular complexity index is 2120. The normalized spacial score (nSPS) is 16.9. The van der Waals surface area contributed by atoms with E-state index < -0.39 is 126 Å². The lowest BCUT2D eigenvalue weighted by molar-refractivity contribution is -0.142. The lowest BCUT2D eigenvalue weighted by Crippen LogP contribution is -2.62. The van der Waals surface area contributed by atoms with Crippen molar-refractivity contribution in [1.29, 1.82) is 0 Å². The van der Waals surface area contributed by atoms with Crippen molar-refractivity contribution in [2.75, 3.05) is 26.2 Å². The number of carbonyl (C=O) groups excluding carboxylic acids is 8. The largest absolute Gasteiger partial charge is 0.508 e. The predicted molar refractivity (Wildman–Crippen MR) is 281 cm³/mol. The third-order valence-corrected chi connectivity index (χ3v) is 12.5. The van der Waals surface area contributed by atoms with E-state index >= 15 is 0 Å². The number of aliphatic carboxylic acids is 1. The van der Waals surface area contributed by atoms with Gasteiger partial charge in [0.1, 0.15) is 60.1 Å². The highest BCUT2D eigenvalue weighted by Gasteiger charge is 2.40. The molecule has 10 atom stereocenters. The summed E-state index contributed by atoms with van der Waals surface area (Å²) in [4.78, 5) is 128. The molecule has 0 aliphatic carbocycles. The zero-order valence-electron chi connectivity index (χ0n) is 44.9. The molecule has 19 N–H and O–H groups in total. The molecule has 1 aromatic rings. The summed E-state index contributed by atoms with van der Waals surface area (Å²) in [5, 5.41) is 58.2. The van der Waals surface area contributed by atoms with Crippen molar-refractivity contribution in [2.24, 2.45) is 45.7 Å². The smallest absolute Gasteiger partial charge is 0.326 e. The van der Waals surface area contributed by atoms with Crippen LogP contribution in [0.5, 0.6) is 5.75 Å². The minimum Gasteiger partial charge on any atom is -0.508 e. The lowest BCUT2D eigenvalue weighted by atomic mass is 9.99. The van der Waals surface area contributed by atoms with Crippen LogP contribution in [0.4, 0.5) is 0 Å². The third-order valence-electron chi connectivity index (χ3n) is 12.5. The Morgan fingerprint density at radius 2 is 1.16 bits per heavy atom. The number of aliphatic hydroxyl groups is 2. The minimum absolute atomic E-state index is 0.0269. The highest BCUT2D eigenvalue weighted by Crippen LogP contribution is 2.20. The van der Waals surface area contributed by atoms with Crippen molar-refractivity contribution in [1.82, 2.24) is 42.1 Å². The number of hydrogen-bond acceptors (Lipinski definition) is 15. The summed E-state index contributed by atoms with van der Waals surface area (Å²) in [5.74, 6) is -8.93. The van der Waals surface area contributed by atoms with E-state index in [4.69, 9.17) is 22.9 Å². The molecule has 26 nitrogen and oxygen atoms in total. The molecular formula is C50H85N13O13. The van der Waals surface area contributed by atoms with Gasteiger partial charge in [-0.25, -0.2) is 4.79 Å². The molecule has 1 aliphatic rings. The topological polar surface area (TPSA) is 438 Å². The predicted octanol–water partition coefficient (Wildman–Crippen LogP) is -2.96. The summed E-state index contributed by atoms with van der Waals surface area (Å²) < 4.78 is 0. The van der Waals surface area contributed by atoms with E-state index in [0.717, 1.165) is 0 Å². The fourth-order valence-electron chi connectivity index (χ4n) is 8.39. The number of unbranched alkanes of at least 4 members (excludes halogenated alkanes) is 1. The Kier molecular flexibility index (Phi) is 28.2. The summed E-state index contributed by atoms with van der Waals surface area (Å²) in [6.07, 6.45) is 0.101.